The van der Waals surface area contributed by atoms with E-state index in [0.29, 0.717) is 0 Å². The Morgan fingerprint density at radius 3 is 2.44 bits per heavy atom. The number of anilines is 2. The van der Waals surface area contributed by atoms with Gasteiger partial charge in [-0.05, 0) is 11.5 Å². The monoisotopic (exact) mass is 303 g/mol. The molecule has 0 saturated carbocycles. The van der Waals surface area contributed by atoms with Gasteiger partial charge in [-0.3, -0.25) is 0 Å². The third-order valence-electron chi connectivity index (χ3n) is 2.11. The Morgan fingerprint density at radius 1 is 1.44 bits per heavy atom. The van der Waals surface area contributed by atoms with Crippen LogP contribution in [-0.2, 0) is 9.84 Å². The van der Waals surface area contributed by atoms with Crippen LogP contribution in [0.25, 0.3) is 0 Å². The lowest BCUT2D eigenvalue weighted by Crippen LogP contribution is -2.24. The highest BCUT2D eigenvalue weighted by Crippen LogP contribution is 2.34. The molecule has 0 bridgehead atoms. The highest BCUT2D eigenvalue weighted by molar-refractivity contribution is 7.91. The Balaban J connectivity index is 2.98. The van der Waals surface area contributed by atoms with Crippen molar-refractivity contribution in [2.75, 3.05) is 30.5 Å². The van der Waals surface area contributed by atoms with Crippen LogP contribution < -0.4 is 10.6 Å². The molecule has 1 aromatic rings. The Labute approximate surface area is 106 Å². The molecule has 0 atom stereocenters. The van der Waals surface area contributed by atoms with Gasteiger partial charge in [-0.2, -0.15) is 17.5 Å². The summed E-state index contributed by atoms with van der Waals surface area (Å²) < 4.78 is 62.9. The van der Waals surface area contributed by atoms with Gasteiger partial charge in [0, 0.05) is 19.8 Å². The second-order valence-corrected chi connectivity index (χ2v) is 6.47. The van der Waals surface area contributed by atoms with Gasteiger partial charge in [0.2, 0.25) is 0 Å². The summed E-state index contributed by atoms with van der Waals surface area (Å²) in [4.78, 5) is 0.981. The van der Waals surface area contributed by atoms with Crippen molar-refractivity contribution in [2.45, 2.75) is 17.5 Å². The minimum atomic E-state index is -4.30. The average Bonchev–Trinajstić information content (AvgIpc) is 2.54. The molecular weight excluding hydrogens is 291 g/mol. The molecule has 10 heteroatoms. The van der Waals surface area contributed by atoms with Gasteiger partial charge in [0.05, 0.1) is 6.42 Å². The third kappa shape index (κ3) is 3.73. The van der Waals surface area contributed by atoms with Crippen LogP contribution in [0.3, 0.4) is 0 Å². The highest BCUT2D eigenvalue weighted by Gasteiger charge is 2.29. The van der Waals surface area contributed by atoms with E-state index in [1.54, 1.807) is 0 Å². The van der Waals surface area contributed by atoms with E-state index in [0.717, 1.165) is 17.8 Å². The lowest BCUT2D eigenvalue weighted by Gasteiger charge is -2.18. The average molecular weight is 303 g/mol. The molecular formula is C8H12F3N3O2S2. The van der Waals surface area contributed by atoms with Gasteiger partial charge in [-0.1, -0.05) is 0 Å². The van der Waals surface area contributed by atoms with Crippen LogP contribution in [0.5, 0.6) is 0 Å². The van der Waals surface area contributed by atoms with Crippen molar-refractivity contribution in [2.24, 2.45) is 0 Å². The number of halogens is 3. The SMILES string of the molecule is CN(CCC(F)(F)F)c1snc(N)c1S(C)(=O)=O. The van der Waals surface area contributed by atoms with Crippen LogP contribution in [0.1, 0.15) is 6.42 Å². The van der Waals surface area contributed by atoms with E-state index < -0.39 is 22.4 Å². The van der Waals surface area contributed by atoms with E-state index in [2.05, 4.69) is 4.37 Å². The van der Waals surface area contributed by atoms with Crippen molar-refractivity contribution in [1.82, 2.24) is 4.37 Å². The summed E-state index contributed by atoms with van der Waals surface area (Å²) in [5.74, 6) is -0.184. The van der Waals surface area contributed by atoms with E-state index in [4.69, 9.17) is 5.73 Å². The fraction of sp³-hybridized carbons (Fsp3) is 0.625. The summed E-state index contributed by atoms with van der Waals surface area (Å²) in [5.41, 5.74) is 5.42. The minimum absolute atomic E-state index is 0.124. The Bertz CT molecular complexity index is 524. The fourth-order valence-corrected chi connectivity index (χ4v) is 3.49. The second-order valence-electron chi connectivity index (χ2n) is 3.76. The molecule has 0 aliphatic carbocycles. The molecule has 1 rings (SSSR count). The normalized spacial score (nSPS) is 12.7. The van der Waals surface area contributed by atoms with Crippen LogP contribution in [0.2, 0.25) is 0 Å². The van der Waals surface area contributed by atoms with Crippen molar-refractivity contribution in [3.8, 4) is 0 Å². The van der Waals surface area contributed by atoms with Crippen LogP contribution >= 0.6 is 11.5 Å². The summed E-state index contributed by atoms with van der Waals surface area (Å²) in [6, 6.07) is 0. The second kappa shape index (κ2) is 4.92. The van der Waals surface area contributed by atoms with Crippen molar-refractivity contribution in [3.05, 3.63) is 0 Å². The number of nitrogen functional groups attached to an aromatic ring is 1. The molecule has 18 heavy (non-hydrogen) atoms. The Kier molecular flexibility index (Phi) is 4.11. The Morgan fingerprint density at radius 2 is 2.00 bits per heavy atom. The van der Waals surface area contributed by atoms with E-state index in [-0.39, 0.29) is 22.3 Å². The van der Waals surface area contributed by atoms with Gasteiger partial charge in [0.25, 0.3) is 0 Å². The molecule has 5 nitrogen and oxygen atoms in total. The number of sulfone groups is 1. The first kappa shape index (κ1) is 15.0. The summed E-state index contributed by atoms with van der Waals surface area (Å²) in [6.07, 6.45) is -4.39. The quantitative estimate of drug-likeness (QED) is 0.912. The smallest absolute Gasteiger partial charge is 0.382 e. The first-order chi connectivity index (χ1) is 8.02. The first-order valence-corrected chi connectivity index (χ1v) is 7.42. The van der Waals surface area contributed by atoms with E-state index >= 15 is 0 Å². The van der Waals surface area contributed by atoms with Crippen molar-refractivity contribution in [1.29, 1.82) is 0 Å². The molecule has 0 spiro atoms. The molecule has 0 amide bonds. The molecule has 2 N–H and O–H groups in total. The molecule has 1 aromatic heterocycles. The molecule has 0 aliphatic heterocycles. The predicted molar refractivity (Wildman–Crippen MR) is 63.6 cm³/mol. The van der Waals surface area contributed by atoms with Crippen LogP contribution in [0.15, 0.2) is 4.90 Å². The van der Waals surface area contributed by atoms with Gasteiger partial charge in [0.15, 0.2) is 15.7 Å². The summed E-state index contributed by atoms with van der Waals surface area (Å²) >= 11 is 0.766. The summed E-state index contributed by atoms with van der Waals surface area (Å²) in [7, 11) is -2.25. The molecule has 1 heterocycles. The van der Waals surface area contributed by atoms with Crippen LogP contribution in [0, 0.1) is 0 Å². The highest BCUT2D eigenvalue weighted by atomic mass is 32.2. The maximum absolute atomic E-state index is 12.1. The molecule has 0 saturated heterocycles. The summed E-state index contributed by atoms with van der Waals surface area (Å²) in [6.45, 7) is -0.354. The van der Waals surface area contributed by atoms with Crippen molar-refractivity contribution in [3.63, 3.8) is 0 Å². The largest absolute Gasteiger partial charge is 0.390 e. The minimum Gasteiger partial charge on any atom is -0.382 e. The van der Waals surface area contributed by atoms with Crippen molar-refractivity contribution >= 4 is 32.2 Å². The molecule has 0 unspecified atom stereocenters. The third-order valence-corrected chi connectivity index (χ3v) is 4.36. The lowest BCUT2D eigenvalue weighted by molar-refractivity contribution is -0.132. The van der Waals surface area contributed by atoms with Crippen molar-refractivity contribution < 1.29 is 21.6 Å². The van der Waals surface area contributed by atoms with Crippen LogP contribution in [-0.4, -0.2) is 38.8 Å². The standard InChI is InChI=1S/C8H12F3N3O2S2/c1-14(4-3-8(9,10)11)7-5(18(2,15)16)6(12)13-17-7/h3-4H2,1-2H3,(H2,12,13). The maximum Gasteiger partial charge on any atom is 0.390 e. The zero-order valence-electron chi connectivity index (χ0n) is 9.65. The van der Waals surface area contributed by atoms with Gasteiger partial charge < -0.3 is 10.6 Å². The molecule has 0 fully saturated rings. The predicted octanol–water partition coefficient (Wildman–Crippen LogP) is 1.52. The Hall–Kier alpha value is -1.03. The van der Waals surface area contributed by atoms with Gasteiger partial charge >= 0.3 is 6.18 Å². The van der Waals surface area contributed by atoms with Gasteiger partial charge in [-0.25, -0.2) is 8.42 Å². The van der Waals surface area contributed by atoms with E-state index in [1.807, 2.05) is 0 Å². The number of hydrogen-bond acceptors (Lipinski definition) is 6. The van der Waals surface area contributed by atoms with Gasteiger partial charge in [-0.15, -0.1) is 0 Å². The molecule has 104 valence electrons. The zero-order chi connectivity index (χ0) is 14.1. The number of aromatic nitrogens is 1. The van der Waals surface area contributed by atoms with E-state index in [1.165, 1.54) is 11.9 Å². The summed E-state index contributed by atoms with van der Waals surface area (Å²) in [5, 5.41) is 0.124. The van der Waals surface area contributed by atoms with E-state index in [9.17, 15) is 21.6 Å². The number of rotatable bonds is 4. The number of nitrogens with zero attached hydrogens (tertiary/aromatic N) is 2. The lowest BCUT2D eigenvalue weighted by atomic mass is 10.4. The number of nitrogens with two attached hydrogens (primary N) is 1. The molecule has 0 aliphatic rings. The van der Waals surface area contributed by atoms with Crippen LogP contribution in [0.4, 0.5) is 24.0 Å². The maximum atomic E-state index is 12.1. The molecule has 0 radical (unpaired) electrons. The fourth-order valence-electron chi connectivity index (χ4n) is 1.27. The zero-order valence-corrected chi connectivity index (χ0v) is 11.3. The topological polar surface area (TPSA) is 76.3 Å². The first-order valence-electron chi connectivity index (χ1n) is 4.75. The number of alkyl halides is 3. The number of hydrogen-bond donors (Lipinski definition) is 1. The van der Waals surface area contributed by atoms with Gasteiger partial charge in [0.1, 0.15) is 9.90 Å². The molecule has 0 aromatic carbocycles.